The average molecular weight is 364 g/mol. The second-order valence-corrected chi connectivity index (χ2v) is 7.11. The summed E-state index contributed by atoms with van der Waals surface area (Å²) in [7, 11) is 0. The molecule has 2 heterocycles. The molecule has 0 bridgehead atoms. The molecule has 0 aliphatic carbocycles. The predicted octanol–water partition coefficient (Wildman–Crippen LogP) is 2.95. The summed E-state index contributed by atoms with van der Waals surface area (Å²) < 4.78 is 14.1. The second kappa shape index (κ2) is 6.70. The maximum absolute atomic E-state index is 14.1. The van der Waals surface area contributed by atoms with E-state index in [1.807, 2.05) is 44.2 Å². The van der Waals surface area contributed by atoms with Crippen molar-refractivity contribution in [3.8, 4) is 0 Å². The van der Waals surface area contributed by atoms with E-state index in [9.17, 15) is 9.18 Å². The lowest BCUT2D eigenvalue weighted by atomic mass is 9.95. The molecule has 0 saturated carbocycles. The minimum absolute atomic E-state index is 0.0602. The van der Waals surface area contributed by atoms with Crippen LogP contribution in [-0.2, 0) is 0 Å². The van der Waals surface area contributed by atoms with Gasteiger partial charge in [0.2, 0.25) is 0 Å². The predicted molar refractivity (Wildman–Crippen MR) is 102 cm³/mol. The molecule has 6 heteroatoms. The number of rotatable bonds is 2. The number of aromatic nitrogens is 2. The van der Waals surface area contributed by atoms with Gasteiger partial charge in [-0.25, -0.2) is 14.4 Å². The van der Waals surface area contributed by atoms with Crippen LogP contribution in [0.2, 0.25) is 0 Å². The van der Waals surface area contributed by atoms with Gasteiger partial charge in [0.25, 0.3) is 5.91 Å². The number of nitrogens with zero attached hydrogens (tertiary/aromatic N) is 3. The first-order chi connectivity index (χ1) is 12.9. The van der Waals surface area contributed by atoms with Gasteiger partial charge in [0.05, 0.1) is 22.5 Å². The second-order valence-electron chi connectivity index (χ2n) is 7.11. The summed E-state index contributed by atoms with van der Waals surface area (Å²) in [5, 5.41) is 0. The van der Waals surface area contributed by atoms with Crippen molar-refractivity contribution >= 4 is 16.9 Å². The summed E-state index contributed by atoms with van der Waals surface area (Å²) >= 11 is 0. The van der Waals surface area contributed by atoms with Crippen molar-refractivity contribution in [2.24, 2.45) is 5.73 Å². The zero-order valence-electron chi connectivity index (χ0n) is 15.3. The molecule has 2 N–H and O–H groups in total. The van der Waals surface area contributed by atoms with Crippen LogP contribution in [0.15, 0.2) is 42.5 Å². The van der Waals surface area contributed by atoms with Gasteiger partial charge in [-0.3, -0.25) is 4.79 Å². The van der Waals surface area contributed by atoms with Crippen molar-refractivity contribution in [1.29, 1.82) is 0 Å². The number of hydrogen-bond donors (Lipinski definition) is 1. The molecule has 138 valence electrons. The molecule has 4 rings (SSSR count). The molecule has 1 fully saturated rings. The Labute approximate surface area is 157 Å². The number of benzene rings is 2. The Morgan fingerprint density at radius 2 is 1.81 bits per heavy atom. The summed E-state index contributed by atoms with van der Waals surface area (Å²) in [6.45, 7) is 4.57. The van der Waals surface area contributed by atoms with Crippen LogP contribution in [0.3, 0.4) is 0 Å². The molecule has 1 aliphatic rings. The summed E-state index contributed by atoms with van der Waals surface area (Å²) in [4.78, 5) is 23.7. The molecule has 5 nitrogen and oxygen atoms in total. The molecular formula is C21H21FN4O. The number of carbonyl (C=O) groups is 1. The van der Waals surface area contributed by atoms with Crippen molar-refractivity contribution in [2.45, 2.75) is 25.8 Å². The standard InChI is InChI=1S/C21H21FN4O/c1-12-13(2)25-20-16(8-15(22)9-19(20)24-12)21(27)26-10-17(18(23)11-26)14-6-4-3-5-7-14/h3-9,17-18H,10-11,23H2,1-2H3/t17-,18+/m0/s1. The Morgan fingerprint density at radius 3 is 2.56 bits per heavy atom. The van der Waals surface area contributed by atoms with Crippen molar-refractivity contribution < 1.29 is 9.18 Å². The van der Waals surface area contributed by atoms with E-state index in [0.29, 0.717) is 24.1 Å². The highest BCUT2D eigenvalue weighted by Gasteiger charge is 2.35. The van der Waals surface area contributed by atoms with Gasteiger partial charge in [-0.05, 0) is 25.5 Å². The number of likely N-dealkylation sites (tertiary alicyclic amines) is 1. The number of fused-ring (bicyclic) bond motifs is 1. The van der Waals surface area contributed by atoms with Gasteiger partial charge in [0.15, 0.2) is 0 Å². The number of carbonyl (C=O) groups excluding carboxylic acids is 1. The van der Waals surface area contributed by atoms with E-state index in [4.69, 9.17) is 5.73 Å². The third-order valence-corrected chi connectivity index (χ3v) is 5.26. The van der Waals surface area contributed by atoms with E-state index in [1.54, 1.807) is 4.90 Å². The molecule has 1 aliphatic heterocycles. The molecule has 3 aromatic rings. The van der Waals surface area contributed by atoms with Gasteiger partial charge in [-0.15, -0.1) is 0 Å². The Morgan fingerprint density at radius 1 is 1.11 bits per heavy atom. The summed E-state index contributed by atoms with van der Waals surface area (Å²) in [6, 6.07) is 12.3. The highest BCUT2D eigenvalue weighted by molar-refractivity contribution is 6.05. The van der Waals surface area contributed by atoms with Crippen LogP contribution in [0.1, 0.15) is 33.2 Å². The van der Waals surface area contributed by atoms with Crippen LogP contribution in [0.4, 0.5) is 4.39 Å². The normalized spacial score (nSPS) is 19.6. The van der Waals surface area contributed by atoms with Gasteiger partial charge in [0, 0.05) is 31.1 Å². The maximum atomic E-state index is 14.1. The lowest BCUT2D eigenvalue weighted by Crippen LogP contribution is -2.32. The van der Waals surface area contributed by atoms with Gasteiger partial charge < -0.3 is 10.6 Å². The summed E-state index contributed by atoms with van der Waals surface area (Å²) in [6.07, 6.45) is 0. The van der Waals surface area contributed by atoms with Crippen molar-refractivity contribution in [2.75, 3.05) is 13.1 Å². The van der Waals surface area contributed by atoms with Crippen LogP contribution >= 0.6 is 0 Å². The molecule has 27 heavy (non-hydrogen) atoms. The monoisotopic (exact) mass is 364 g/mol. The van der Waals surface area contributed by atoms with Crippen LogP contribution in [0.25, 0.3) is 11.0 Å². The molecular weight excluding hydrogens is 343 g/mol. The van der Waals surface area contributed by atoms with Crippen LogP contribution < -0.4 is 5.73 Å². The third kappa shape index (κ3) is 3.17. The molecule has 2 atom stereocenters. The molecule has 1 amide bonds. The van der Waals surface area contributed by atoms with E-state index >= 15 is 0 Å². The Hall–Kier alpha value is -2.86. The lowest BCUT2D eigenvalue weighted by Gasteiger charge is -2.18. The number of nitrogens with two attached hydrogens (primary N) is 1. The van der Waals surface area contributed by atoms with Gasteiger partial charge in [-0.1, -0.05) is 30.3 Å². The van der Waals surface area contributed by atoms with Crippen LogP contribution in [0.5, 0.6) is 0 Å². The number of halogens is 1. The smallest absolute Gasteiger partial charge is 0.256 e. The zero-order chi connectivity index (χ0) is 19.1. The van der Waals surface area contributed by atoms with E-state index in [0.717, 1.165) is 17.0 Å². The Balaban J connectivity index is 1.70. The van der Waals surface area contributed by atoms with E-state index < -0.39 is 5.82 Å². The zero-order valence-corrected chi connectivity index (χ0v) is 15.3. The third-order valence-electron chi connectivity index (χ3n) is 5.26. The molecule has 1 saturated heterocycles. The van der Waals surface area contributed by atoms with Gasteiger partial charge in [0.1, 0.15) is 11.3 Å². The fourth-order valence-electron chi connectivity index (χ4n) is 3.68. The summed E-state index contributed by atoms with van der Waals surface area (Å²) in [5.41, 5.74) is 9.92. The van der Waals surface area contributed by atoms with Crippen molar-refractivity contribution in [3.05, 3.63) is 70.8 Å². The number of amides is 1. The molecule has 0 spiro atoms. The first-order valence-corrected chi connectivity index (χ1v) is 8.98. The minimum atomic E-state index is -0.494. The van der Waals surface area contributed by atoms with Crippen LogP contribution in [0, 0.1) is 19.7 Å². The SMILES string of the molecule is Cc1nc2cc(F)cc(C(=O)N3C[C@@H](N)[C@H](c4ccccc4)C3)c2nc1C. The topological polar surface area (TPSA) is 72.1 Å². The van der Waals surface area contributed by atoms with Gasteiger partial charge in [-0.2, -0.15) is 0 Å². The highest BCUT2D eigenvalue weighted by Crippen LogP contribution is 2.29. The first-order valence-electron chi connectivity index (χ1n) is 8.98. The lowest BCUT2D eigenvalue weighted by molar-refractivity contribution is 0.0790. The van der Waals surface area contributed by atoms with Crippen molar-refractivity contribution in [3.63, 3.8) is 0 Å². The maximum Gasteiger partial charge on any atom is 0.256 e. The average Bonchev–Trinajstić information content (AvgIpc) is 3.04. The fourth-order valence-corrected chi connectivity index (χ4v) is 3.68. The Bertz CT molecular complexity index is 1020. The molecule has 0 radical (unpaired) electrons. The first kappa shape index (κ1) is 17.5. The molecule has 1 aromatic heterocycles. The molecule has 2 aromatic carbocycles. The number of hydrogen-bond acceptors (Lipinski definition) is 4. The van der Waals surface area contributed by atoms with Crippen molar-refractivity contribution in [1.82, 2.24) is 14.9 Å². The Kier molecular flexibility index (Phi) is 4.36. The van der Waals surface area contributed by atoms with Crippen LogP contribution in [-0.4, -0.2) is 39.9 Å². The fraction of sp³-hybridized carbons (Fsp3) is 0.286. The van der Waals surface area contributed by atoms with E-state index in [-0.39, 0.29) is 23.4 Å². The number of aryl methyl sites for hydroxylation is 2. The van der Waals surface area contributed by atoms with Gasteiger partial charge >= 0.3 is 0 Å². The summed E-state index contributed by atoms with van der Waals surface area (Å²) in [5.74, 6) is -0.692. The quantitative estimate of drug-likeness (QED) is 0.759. The largest absolute Gasteiger partial charge is 0.336 e. The highest BCUT2D eigenvalue weighted by atomic mass is 19.1. The van der Waals surface area contributed by atoms with E-state index in [2.05, 4.69) is 9.97 Å². The molecule has 0 unspecified atom stereocenters. The minimum Gasteiger partial charge on any atom is -0.336 e. The van der Waals surface area contributed by atoms with E-state index in [1.165, 1.54) is 12.1 Å².